The van der Waals surface area contributed by atoms with E-state index in [0.717, 1.165) is 4.47 Å². The molecule has 3 rings (SSSR count). The summed E-state index contributed by atoms with van der Waals surface area (Å²) in [5.74, 6) is 0.371. The number of para-hydroxylation sites is 2. The molecule has 1 heterocycles. The van der Waals surface area contributed by atoms with E-state index < -0.39 is 10.0 Å². The molecule has 7 heteroatoms. The van der Waals surface area contributed by atoms with Crippen LogP contribution in [0.4, 0.5) is 0 Å². The molecule has 23 heavy (non-hydrogen) atoms. The molecule has 0 atom stereocenters. The Balaban J connectivity index is 2.22. The second-order valence-corrected chi connectivity index (χ2v) is 7.58. The van der Waals surface area contributed by atoms with Gasteiger partial charge in [0, 0.05) is 11.1 Å². The number of benzene rings is 2. The first-order valence-corrected chi connectivity index (χ1v) is 9.32. The zero-order valence-electron chi connectivity index (χ0n) is 12.4. The summed E-state index contributed by atoms with van der Waals surface area (Å²) in [5, 5.41) is 0. The molecule has 5 nitrogen and oxygen atoms in total. The van der Waals surface area contributed by atoms with Crippen LogP contribution >= 0.6 is 15.9 Å². The van der Waals surface area contributed by atoms with Crippen LogP contribution in [0.3, 0.4) is 0 Å². The van der Waals surface area contributed by atoms with Crippen LogP contribution in [-0.4, -0.2) is 24.0 Å². The van der Waals surface area contributed by atoms with Crippen molar-refractivity contribution in [1.82, 2.24) is 8.96 Å². The van der Waals surface area contributed by atoms with E-state index in [4.69, 9.17) is 4.74 Å². The van der Waals surface area contributed by atoms with Gasteiger partial charge in [-0.3, -0.25) is 0 Å². The molecule has 0 saturated carbocycles. The van der Waals surface area contributed by atoms with Crippen LogP contribution in [0.5, 0.6) is 0 Å². The van der Waals surface area contributed by atoms with Gasteiger partial charge in [0.15, 0.2) is 0 Å². The van der Waals surface area contributed by atoms with Crippen molar-refractivity contribution in [3.05, 3.63) is 58.8 Å². The van der Waals surface area contributed by atoms with E-state index in [2.05, 4.69) is 20.9 Å². The predicted molar refractivity (Wildman–Crippen MR) is 91.8 cm³/mol. The molecule has 120 valence electrons. The van der Waals surface area contributed by atoms with E-state index in [1.54, 1.807) is 42.5 Å². The van der Waals surface area contributed by atoms with Gasteiger partial charge < -0.3 is 4.74 Å². The summed E-state index contributed by atoms with van der Waals surface area (Å²) < 4.78 is 33.6. The third-order valence-electron chi connectivity index (χ3n) is 3.37. The van der Waals surface area contributed by atoms with E-state index in [0.29, 0.717) is 23.5 Å². The number of aromatic nitrogens is 2. The van der Waals surface area contributed by atoms with Crippen LogP contribution in [-0.2, 0) is 21.4 Å². The van der Waals surface area contributed by atoms with Gasteiger partial charge in [-0.1, -0.05) is 28.1 Å². The summed E-state index contributed by atoms with van der Waals surface area (Å²) in [6.07, 6.45) is 0. The predicted octanol–water partition coefficient (Wildman–Crippen LogP) is 3.57. The highest BCUT2D eigenvalue weighted by Gasteiger charge is 2.24. The fourth-order valence-electron chi connectivity index (χ4n) is 2.32. The fraction of sp³-hybridized carbons (Fsp3) is 0.188. The number of hydrogen-bond donors (Lipinski definition) is 0. The minimum absolute atomic E-state index is 0.140. The first-order valence-electron chi connectivity index (χ1n) is 7.09. The van der Waals surface area contributed by atoms with Crippen molar-refractivity contribution in [3.63, 3.8) is 0 Å². The maximum Gasteiger partial charge on any atom is 0.269 e. The van der Waals surface area contributed by atoms with Gasteiger partial charge in [0.05, 0.1) is 15.9 Å². The summed E-state index contributed by atoms with van der Waals surface area (Å²) in [7, 11) is -3.75. The van der Waals surface area contributed by atoms with E-state index in [9.17, 15) is 8.42 Å². The Morgan fingerprint density at radius 3 is 2.52 bits per heavy atom. The van der Waals surface area contributed by atoms with E-state index in [-0.39, 0.29) is 11.5 Å². The first-order chi connectivity index (χ1) is 11.0. The monoisotopic (exact) mass is 394 g/mol. The van der Waals surface area contributed by atoms with Gasteiger partial charge >= 0.3 is 0 Å². The molecule has 3 aromatic rings. The Bertz CT molecular complexity index is 934. The second-order valence-electron chi connectivity index (χ2n) is 4.88. The molecule has 0 spiro atoms. The molecule has 0 fully saturated rings. The van der Waals surface area contributed by atoms with Gasteiger partial charge in [0.1, 0.15) is 12.4 Å². The van der Waals surface area contributed by atoms with Gasteiger partial charge in [0.2, 0.25) is 0 Å². The number of imidazole rings is 1. The molecule has 0 bridgehead atoms. The van der Waals surface area contributed by atoms with Crippen molar-refractivity contribution in [3.8, 4) is 0 Å². The number of halogens is 1. The Morgan fingerprint density at radius 2 is 1.83 bits per heavy atom. The fourth-order valence-corrected chi connectivity index (χ4v) is 4.06. The zero-order valence-corrected chi connectivity index (χ0v) is 14.8. The van der Waals surface area contributed by atoms with Crippen molar-refractivity contribution in [1.29, 1.82) is 0 Å². The molecule has 0 saturated heterocycles. The average molecular weight is 395 g/mol. The highest BCUT2D eigenvalue weighted by atomic mass is 79.9. The molecule has 0 aliphatic rings. The molecule has 2 aromatic carbocycles. The molecule has 1 aromatic heterocycles. The van der Waals surface area contributed by atoms with Crippen molar-refractivity contribution in [2.75, 3.05) is 6.61 Å². The number of rotatable bonds is 5. The van der Waals surface area contributed by atoms with Gasteiger partial charge in [-0.05, 0) is 43.3 Å². The van der Waals surface area contributed by atoms with E-state index >= 15 is 0 Å². The van der Waals surface area contributed by atoms with Crippen LogP contribution < -0.4 is 0 Å². The lowest BCUT2D eigenvalue weighted by Crippen LogP contribution is -2.16. The standard InChI is InChI=1S/C16H15BrN2O3S/c1-2-22-11-16-18-14-5-3-4-6-15(14)19(16)23(20,21)13-9-7-12(17)8-10-13/h3-10H,2,11H2,1H3. The largest absolute Gasteiger partial charge is 0.374 e. The number of hydrogen-bond acceptors (Lipinski definition) is 4. The van der Waals surface area contributed by atoms with Crippen LogP contribution in [0.1, 0.15) is 12.7 Å². The molecular weight excluding hydrogens is 380 g/mol. The number of nitrogens with zero attached hydrogens (tertiary/aromatic N) is 2. The molecule has 0 amide bonds. The second kappa shape index (κ2) is 6.43. The average Bonchev–Trinajstić information content (AvgIpc) is 2.92. The quantitative estimate of drug-likeness (QED) is 0.663. The molecule has 0 N–H and O–H groups in total. The summed E-state index contributed by atoms with van der Waals surface area (Å²) >= 11 is 3.32. The third-order valence-corrected chi connectivity index (χ3v) is 5.66. The van der Waals surface area contributed by atoms with Crippen molar-refractivity contribution < 1.29 is 13.2 Å². The van der Waals surface area contributed by atoms with E-state index in [1.165, 1.54) is 3.97 Å². The highest BCUT2D eigenvalue weighted by molar-refractivity contribution is 9.10. The lowest BCUT2D eigenvalue weighted by atomic mass is 10.3. The van der Waals surface area contributed by atoms with Gasteiger partial charge in [-0.15, -0.1) is 0 Å². The van der Waals surface area contributed by atoms with Crippen LogP contribution in [0, 0.1) is 0 Å². The summed E-state index contributed by atoms with van der Waals surface area (Å²) in [6.45, 7) is 2.48. The molecule has 0 radical (unpaired) electrons. The van der Waals surface area contributed by atoms with Crippen LogP contribution in [0.25, 0.3) is 11.0 Å². The SMILES string of the molecule is CCOCc1nc2ccccc2n1S(=O)(=O)c1ccc(Br)cc1. The maximum absolute atomic E-state index is 13.1. The number of fused-ring (bicyclic) bond motifs is 1. The number of ether oxygens (including phenoxy) is 1. The minimum Gasteiger partial charge on any atom is -0.374 e. The third kappa shape index (κ3) is 3.04. The Kier molecular flexibility index (Phi) is 4.52. The van der Waals surface area contributed by atoms with Crippen LogP contribution in [0.2, 0.25) is 0 Å². The van der Waals surface area contributed by atoms with E-state index in [1.807, 2.05) is 13.0 Å². The van der Waals surface area contributed by atoms with Crippen molar-refractivity contribution in [2.24, 2.45) is 0 Å². The van der Waals surface area contributed by atoms with Crippen LogP contribution in [0.15, 0.2) is 57.9 Å². The summed E-state index contributed by atoms with van der Waals surface area (Å²) in [6, 6.07) is 13.7. The summed E-state index contributed by atoms with van der Waals surface area (Å²) in [5.41, 5.74) is 1.17. The minimum atomic E-state index is -3.75. The van der Waals surface area contributed by atoms with Gasteiger partial charge in [-0.25, -0.2) is 17.4 Å². The molecular formula is C16H15BrN2O3S. The van der Waals surface area contributed by atoms with Crippen molar-refractivity contribution >= 4 is 37.0 Å². The molecule has 0 unspecified atom stereocenters. The lowest BCUT2D eigenvalue weighted by molar-refractivity contribution is 0.128. The normalized spacial score (nSPS) is 11.9. The van der Waals surface area contributed by atoms with Gasteiger partial charge in [0.25, 0.3) is 10.0 Å². The Morgan fingerprint density at radius 1 is 1.13 bits per heavy atom. The molecule has 0 aliphatic carbocycles. The zero-order chi connectivity index (χ0) is 16.4. The Hall–Kier alpha value is -1.70. The highest BCUT2D eigenvalue weighted by Crippen LogP contribution is 2.24. The Labute approximate surface area is 143 Å². The van der Waals surface area contributed by atoms with Gasteiger partial charge in [-0.2, -0.15) is 0 Å². The lowest BCUT2D eigenvalue weighted by Gasteiger charge is -2.10. The smallest absolute Gasteiger partial charge is 0.269 e. The maximum atomic E-state index is 13.1. The molecule has 0 aliphatic heterocycles. The topological polar surface area (TPSA) is 61.2 Å². The summed E-state index contributed by atoms with van der Waals surface area (Å²) in [4.78, 5) is 4.62. The first kappa shape index (κ1) is 16.2. The van der Waals surface area contributed by atoms with Crippen molar-refractivity contribution in [2.45, 2.75) is 18.4 Å².